The van der Waals surface area contributed by atoms with Crippen LogP contribution in [0, 0.1) is 3.57 Å². The van der Waals surface area contributed by atoms with Crippen molar-refractivity contribution in [2.24, 2.45) is 5.73 Å². The molecule has 0 unspecified atom stereocenters. The SMILES string of the molecule is NCCOCc1ccccc1I. The Morgan fingerprint density at radius 2 is 2.08 bits per heavy atom. The van der Waals surface area contributed by atoms with Crippen LogP contribution in [0.5, 0.6) is 0 Å². The van der Waals surface area contributed by atoms with E-state index in [1.54, 1.807) is 0 Å². The summed E-state index contributed by atoms with van der Waals surface area (Å²) < 4.78 is 6.56. The second-order valence-electron chi connectivity index (χ2n) is 2.43. The Morgan fingerprint density at radius 3 is 2.75 bits per heavy atom. The van der Waals surface area contributed by atoms with E-state index in [1.807, 2.05) is 12.1 Å². The zero-order valence-corrected chi connectivity index (χ0v) is 8.95. The number of hydrogen-bond donors (Lipinski definition) is 1. The van der Waals surface area contributed by atoms with E-state index in [0.29, 0.717) is 19.8 Å². The van der Waals surface area contributed by atoms with Crippen LogP contribution in [0.25, 0.3) is 0 Å². The van der Waals surface area contributed by atoms with E-state index in [1.165, 1.54) is 9.13 Å². The van der Waals surface area contributed by atoms with Crippen LogP contribution in [0.15, 0.2) is 24.3 Å². The van der Waals surface area contributed by atoms with E-state index in [2.05, 4.69) is 34.7 Å². The first kappa shape index (κ1) is 9.95. The quantitative estimate of drug-likeness (QED) is 0.672. The molecule has 0 aliphatic rings. The Morgan fingerprint density at radius 1 is 1.33 bits per heavy atom. The van der Waals surface area contributed by atoms with E-state index >= 15 is 0 Å². The summed E-state index contributed by atoms with van der Waals surface area (Å²) in [5, 5.41) is 0. The average Bonchev–Trinajstić information content (AvgIpc) is 2.09. The van der Waals surface area contributed by atoms with Crippen LogP contribution in [0.2, 0.25) is 0 Å². The Bertz CT molecular complexity index is 240. The Hall–Kier alpha value is -0.130. The maximum Gasteiger partial charge on any atom is 0.0727 e. The highest BCUT2D eigenvalue weighted by molar-refractivity contribution is 14.1. The zero-order valence-electron chi connectivity index (χ0n) is 6.79. The highest BCUT2D eigenvalue weighted by atomic mass is 127. The molecule has 0 atom stereocenters. The predicted octanol–water partition coefficient (Wildman–Crippen LogP) is 1.77. The van der Waals surface area contributed by atoms with Gasteiger partial charge in [0.1, 0.15) is 0 Å². The topological polar surface area (TPSA) is 35.2 Å². The van der Waals surface area contributed by atoms with Gasteiger partial charge >= 0.3 is 0 Å². The minimum absolute atomic E-state index is 0.587. The molecule has 2 N–H and O–H groups in total. The smallest absolute Gasteiger partial charge is 0.0727 e. The lowest BCUT2D eigenvalue weighted by atomic mass is 10.2. The van der Waals surface area contributed by atoms with Crippen molar-refractivity contribution in [2.45, 2.75) is 6.61 Å². The molecule has 0 radical (unpaired) electrons. The molecular formula is C9H12INO. The van der Waals surface area contributed by atoms with Crippen molar-refractivity contribution in [2.75, 3.05) is 13.2 Å². The summed E-state index contributed by atoms with van der Waals surface area (Å²) in [5.74, 6) is 0. The van der Waals surface area contributed by atoms with Crippen LogP contribution in [0.4, 0.5) is 0 Å². The molecule has 0 aliphatic heterocycles. The van der Waals surface area contributed by atoms with Crippen LogP contribution >= 0.6 is 22.6 Å². The molecule has 0 saturated carbocycles. The highest BCUT2D eigenvalue weighted by Gasteiger charge is 1.96. The molecule has 1 aromatic rings. The number of halogens is 1. The van der Waals surface area contributed by atoms with Gasteiger partial charge in [0, 0.05) is 10.1 Å². The zero-order chi connectivity index (χ0) is 8.81. The van der Waals surface area contributed by atoms with Gasteiger partial charge in [-0.15, -0.1) is 0 Å². The molecule has 0 bridgehead atoms. The summed E-state index contributed by atoms with van der Waals surface area (Å²) in [6.07, 6.45) is 0. The normalized spacial score (nSPS) is 10.2. The van der Waals surface area contributed by atoms with E-state index < -0.39 is 0 Å². The largest absolute Gasteiger partial charge is 0.375 e. The van der Waals surface area contributed by atoms with Crippen LogP contribution < -0.4 is 5.73 Å². The first-order chi connectivity index (χ1) is 5.84. The number of benzene rings is 1. The molecule has 0 aliphatic carbocycles. The monoisotopic (exact) mass is 277 g/mol. The molecule has 0 saturated heterocycles. The number of rotatable bonds is 4. The molecule has 0 fully saturated rings. The predicted molar refractivity (Wildman–Crippen MR) is 57.9 cm³/mol. The molecule has 0 spiro atoms. The third-order valence-electron chi connectivity index (χ3n) is 1.48. The fourth-order valence-corrected chi connectivity index (χ4v) is 1.42. The molecule has 66 valence electrons. The summed E-state index contributed by atoms with van der Waals surface area (Å²) in [6, 6.07) is 8.18. The molecule has 0 amide bonds. The van der Waals surface area contributed by atoms with Gasteiger partial charge in [0.15, 0.2) is 0 Å². The fraction of sp³-hybridized carbons (Fsp3) is 0.333. The third-order valence-corrected chi connectivity index (χ3v) is 2.53. The van der Waals surface area contributed by atoms with Gasteiger partial charge in [0.05, 0.1) is 13.2 Å². The van der Waals surface area contributed by atoms with Gasteiger partial charge in [-0.05, 0) is 34.2 Å². The summed E-state index contributed by atoms with van der Waals surface area (Å²) in [4.78, 5) is 0. The lowest BCUT2D eigenvalue weighted by Crippen LogP contribution is -2.08. The minimum Gasteiger partial charge on any atom is -0.375 e. The van der Waals surface area contributed by atoms with Gasteiger partial charge < -0.3 is 10.5 Å². The van der Waals surface area contributed by atoms with E-state index in [9.17, 15) is 0 Å². The molecular weight excluding hydrogens is 265 g/mol. The van der Waals surface area contributed by atoms with Crippen molar-refractivity contribution in [3.63, 3.8) is 0 Å². The Labute approximate surface area is 86.2 Å². The van der Waals surface area contributed by atoms with Crippen LogP contribution in [0.3, 0.4) is 0 Å². The molecule has 2 nitrogen and oxygen atoms in total. The molecule has 1 rings (SSSR count). The van der Waals surface area contributed by atoms with Crippen molar-refractivity contribution >= 4 is 22.6 Å². The van der Waals surface area contributed by atoms with Crippen LogP contribution in [-0.4, -0.2) is 13.2 Å². The number of ether oxygens (including phenoxy) is 1. The summed E-state index contributed by atoms with van der Waals surface area (Å²) in [6.45, 7) is 1.88. The van der Waals surface area contributed by atoms with Crippen molar-refractivity contribution in [1.82, 2.24) is 0 Å². The summed E-state index contributed by atoms with van der Waals surface area (Å²) in [7, 11) is 0. The summed E-state index contributed by atoms with van der Waals surface area (Å²) >= 11 is 2.30. The molecule has 0 heterocycles. The van der Waals surface area contributed by atoms with Gasteiger partial charge in [0.2, 0.25) is 0 Å². The standard InChI is InChI=1S/C9H12INO/c10-9-4-2-1-3-8(9)7-12-6-5-11/h1-4H,5-7,11H2. The third kappa shape index (κ3) is 3.08. The molecule has 1 aromatic carbocycles. The van der Waals surface area contributed by atoms with E-state index in [4.69, 9.17) is 10.5 Å². The van der Waals surface area contributed by atoms with Crippen LogP contribution in [0.1, 0.15) is 5.56 Å². The highest BCUT2D eigenvalue weighted by Crippen LogP contribution is 2.11. The molecule has 12 heavy (non-hydrogen) atoms. The second-order valence-corrected chi connectivity index (χ2v) is 3.59. The fourth-order valence-electron chi connectivity index (χ4n) is 0.881. The Balaban J connectivity index is 2.46. The maximum absolute atomic E-state index is 5.32. The summed E-state index contributed by atoms with van der Waals surface area (Å²) in [5.41, 5.74) is 6.53. The number of hydrogen-bond acceptors (Lipinski definition) is 2. The second kappa shape index (κ2) is 5.50. The van der Waals surface area contributed by atoms with E-state index in [-0.39, 0.29) is 0 Å². The van der Waals surface area contributed by atoms with Gasteiger partial charge in [-0.3, -0.25) is 0 Å². The Kier molecular flexibility index (Phi) is 4.57. The van der Waals surface area contributed by atoms with Gasteiger partial charge in [-0.2, -0.15) is 0 Å². The average molecular weight is 277 g/mol. The van der Waals surface area contributed by atoms with Gasteiger partial charge in [0.25, 0.3) is 0 Å². The lowest BCUT2D eigenvalue weighted by Gasteiger charge is -2.04. The number of nitrogens with two attached hydrogens (primary N) is 1. The minimum atomic E-state index is 0.587. The van der Waals surface area contributed by atoms with Crippen molar-refractivity contribution in [3.8, 4) is 0 Å². The first-order valence-electron chi connectivity index (χ1n) is 3.86. The van der Waals surface area contributed by atoms with E-state index in [0.717, 1.165) is 0 Å². The maximum atomic E-state index is 5.32. The van der Waals surface area contributed by atoms with Crippen molar-refractivity contribution < 1.29 is 4.74 Å². The van der Waals surface area contributed by atoms with Crippen molar-refractivity contribution in [3.05, 3.63) is 33.4 Å². The van der Waals surface area contributed by atoms with Crippen LogP contribution in [-0.2, 0) is 11.3 Å². The molecule has 3 heteroatoms. The van der Waals surface area contributed by atoms with Gasteiger partial charge in [-0.1, -0.05) is 18.2 Å². The first-order valence-corrected chi connectivity index (χ1v) is 4.93. The molecule has 0 aromatic heterocycles. The van der Waals surface area contributed by atoms with Crippen molar-refractivity contribution in [1.29, 1.82) is 0 Å². The van der Waals surface area contributed by atoms with Gasteiger partial charge in [-0.25, -0.2) is 0 Å². The lowest BCUT2D eigenvalue weighted by molar-refractivity contribution is 0.127.